The highest BCUT2D eigenvalue weighted by Gasteiger charge is 2.22. The van der Waals surface area contributed by atoms with Gasteiger partial charge in [-0.2, -0.15) is 5.10 Å². The fraction of sp³-hybridized carbons (Fsp3) is 0.200. The van der Waals surface area contributed by atoms with Gasteiger partial charge in [-0.05, 0) is 55.0 Å². The van der Waals surface area contributed by atoms with Crippen LogP contribution in [0.25, 0.3) is 16.6 Å². The predicted octanol–water partition coefficient (Wildman–Crippen LogP) is 3.65. The molecule has 1 aromatic heterocycles. The third-order valence-electron chi connectivity index (χ3n) is 5.27. The summed E-state index contributed by atoms with van der Waals surface area (Å²) in [7, 11) is 0. The number of hydrogen-bond acceptors (Lipinski definition) is 4. The number of fused-ring (bicyclic) bond motifs is 1. The summed E-state index contributed by atoms with van der Waals surface area (Å²) in [5.41, 5.74) is 2.70. The number of aliphatic hydroxyl groups excluding tert-OH is 1. The Balaban J connectivity index is 1.58. The number of nitrogens with zero attached hydrogens (tertiary/aromatic N) is 2. The van der Waals surface area contributed by atoms with Gasteiger partial charge in [0.25, 0.3) is 0 Å². The summed E-state index contributed by atoms with van der Waals surface area (Å²) in [4.78, 5) is 11.7. The van der Waals surface area contributed by atoms with E-state index in [0.717, 1.165) is 22.2 Å². The largest absolute Gasteiger partial charge is 0.488 e. The van der Waals surface area contributed by atoms with Crippen molar-refractivity contribution in [2.45, 2.75) is 25.5 Å². The first-order valence-corrected chi connectivity index (χ1v) is 10.4. The van der Waals surface area contributed by atoms with Crippen molar-refractivity contribution in [1.82, 2.24) is 15.1 Å². The number of aliphatic hydroxyl groups is 1. The highest BCUT2D eigenvalue weighted by atomic mass is 19.1. The number of carbonyl (C=O) groups excluding carboxylic acids is 1. The molecule has 1 heterocycles. The Morgan fingerprint density at radius 3 is 2.59 bits per heavy atom. The first kappa shape index (κ1) is 21.5. The van der Waals surface area contributed by atoms with E-state index in [0.29, 0.717) is 12.2 Å². The lowest BCUT2D eigenvalue weighted by molar-refractivity contribution is -0.125. The maximum absolute atomic E-state index is 13.3. The molecule has 2 unspecified atom stereocenters. The number of aromatic nitrogens is 2. The second kappa shape index (κ2) is 9.62. The van der Waals surface area contributed by atoms with Crippen molar-refractivity contribution in [3.8, 4) is 11.4 Å². The number of amides is 1. The number of nitrogens with one attached hydrogen (secondary N) is 1. The van der Waals surface area contributed by atoms with Gasteiger partial charge in [0, 0.05) is 11.8 Å². The molecule has 0 saturated carbocycles. The molecule has 0 aliphatic carbocycles. The number of carbonyl (C=O) groups is 1. The minimum Gasteiger partial charge on any atom is -0.488 e. The van der Waals surface area contributed by atoms with Crippen LogP contribution >= 0.6 is 0 Å². The molecule has 0 spiro atoms. The van der Waals surface area contributed by atoms with Gasteiger partial charge < -0.3 is 15.2 Å². The third-order valence-corrected chi connectivity index (χ3v) is 5.27. The van der Waals surface area contributed by atoms with Crippen LogP contribution in [0.1, 0.15) is 12.5 Å². The lowest BCUT2D eigenvalue weighted by Crippen LogP contribution is -2.46. The van der Waals surface area contributed by atoms with E-state index >= 15 is 0 Å². The molecule has 6 nitrogen and oxygen atoms in total. The first-order valence-electron chi connectivity index (χ1n) is 10.4. The summed E-state index contributed by atoms with van der Waals surface area (Å²) >= 11 is 0. The molecule has 0 aliphatic rings. The van der Waals surface area contributed by atoms with Gasteiger partial charge in [0.1, 0.15) is 24.3 Å². The quantitative estimate of drug-likeness (QED) is 0.445. The molecule has 2 N–H and O–H groups in total. The second-order valence-corrected chi connectivity index (χ2v) is 7.61. The molecule has 4 rings (SSSR count). The second-order valence-electron chi connectivity index (χ2n) is 7.61. The van der Waals surface area contributed by atoms with E-state index in [9.17, 15) is 9.18 Å². The number of halogens is 1. The Kier molecular flexibility index (Phi) is 6.47. The number of hydrogen-bond donors (Lipinski definition) is 2. The van der Waals surface area contributed by atoms with E-state index in [1.165, 1.54) is 12.1 Å². The zero-order valence-electron chi connectivity index (χ0n) is 17.6. The lowest BCUT2D eigenvalue weighted by atomic mass is 10.0. The van der Waals surface area contributed by atoms with Crippen molar-refractivity contribution in [3.05, 3.63) is 90.4 Å². The van der Waals surface area contributed by atoms with Gasteiger partial charge >= 0.3 is 0 Å². The maximum atomic E-state index is 13.3. The van der Waals surface area contributed by atoms with E-state index < -0.39 is 12.5 Å². The third kappa shape index (κ3) is 4.95. The van der Waals surface area contributed by atoms with E-state index in [1.54, 1.807) is 23.0 Å². The smallest absolute Gasteiger partial charge is 0.246 e. The molecule has 0 radical (unpaired) electrons. The van der Waals surface area contributed by atoms with Crippen LogP contribution in [0.15, 0.2) is 79.0 Å². The Morgan fingerprint density at radius 1 is 1.12 bits per heavy atom. The summed E-state index contributed by atoms with van der Waals surface area (Å²) in [5.74, 6) is -0.106. The SMILES string of the molecule is CC(NC(=O)CO)C(Cc1ccccc1)Oc1ccc2c(cnn2-c2ccc(F)cc2)c1. The predicted molar refractivity (Wildman–Crippen MR) is 120 cm³/mol. The molecule has 3 aromatic carbocycles. The summed E-state index contributed by atoms with van der Waals surface area (Å²) < 4.78 is 21.3. The molecule has 7 heteroatoms. The van der Waals surface area contributed by atoms with Crippen molar-refractivity contribution in [2.75, 3.05) is 6.61 Å². The molecule has 0 saturated heterocycles. The van der Waals surface area contributed by atoms with Crippen molar-refractivity contribution < 1.29 is 19.0 Å². The highest BCUT2D eigenvalue weighted by Crippen LogP contribution is 2.25. The Labute approximate surface area is 185 Å². The molecule has 0 fully saturated rings. The molecular weight excluding hydrogens is 409 g/mol. The Morgan fingerprint density at radius 2 is 1.88 bits per heavy atom. The zero-order valence-corrected chi connectivity index (χ0v) is 17.6. The highest BCUT2D eigenvalue weighted by molar-refractivity contribution is 5.81. The van der Waals surface area contributed by atoms with Gasteiger partial charge in [-0.15, -0.1) is 0 Å². The molecule has 0 aliphatic heterocycles. The number of ether oxygens (including phenoxy) is 1. The zero-order chi connectivity index (χ0) is 22.5. The Bertz CT molecular complexity index is 1190. The molecular formula is C25H24FN3O3. The lowest BCUT2D eigenvalue weighted by Gasteiger charge is -2.26. The van der Waals surface area contributed by atoms with Crippen LogP contribution in [0.3, 0.4) is 0 Å². The molecule has 164 valence electrons. The van der Waals surface area contributed by atoms with Crippen LogP contribution in [0, 0.1) is 5.82 Å². The van der Waals surface area contributed by atoms with E-state index in [2.05, 4.69) is 10.4 Å². The van der Waals surface area contributed by atoms with E-state index in [1.807, 2.05) is 55.5 Å². The first-order chi connectivity index (χ1) is 15.5. The van der Waals surface area contributed by atoms with Gasteiger partial charge in [-0.25, -0.2) is 9.07 Å². The summed E-state index contributed by atoms with van der Waals surface area (Å²) in [6.45, 7) is 1.28. The molecule has 2 atom stereocenters. The van der Waals surface area contributed by atoms with Crippen LogP contribution in [0.2, 0.25) is 0 Å². The monoisotopic (exact) mass is 433 g/mol. The molecule has 4 aromatic rings. The summed E-state index contributed by atoms with van der Waals surface area (Å²) in [6, 6.07) is 21.3. The van der Waals surface area contributed by atoms with E-state index in [-0.39, 0.29) is 18.0 Å². The fourth-order valence-electron chi connectivity index (χ4n) is 3.61. The van der Waals surface area contributed by atoms with E-state index in [4.69, 9.17) is 9.84 Å². The van der Waals surface area contributed by atoms with Crippen LogP contribution in [0.4, 0.5) is 4.39 Å². The standard InChI is InChI=1S/C25H24FN3O3/c1-17(28-25(31)16-30)24(13-18-5-3-2-4-6-18)32-22-11-12-23-19(14-22)15-27-29(23)21-9-7-20(26)8-10-21/h2-12,14-15,17,24,30H,13,16H2,1H3,(H,28,31). The Hall–Kier alpha value is -3.71. The van der Waals surface area contributed by atoms with Crippen molar-refractivity contribution in [2.24, 2.45) is 0 Å². The van der Waals surface area contributed by atoms with Gasteiger partial charge in [-0.1, -0.05) is 30.3 Å². The molecule has 1 amide bonds. The molecule has 32 heavy (non-hydrogen) atoms. The summed E-state index contributed by atoms with van der Waals surface area (Å²) in [5, 5.41) is 17.2. The topological polar surface area (TPSA) is 76.4 Å². The maximum Gasteiger partial charge on any atom is 0.246 e. The van der Waals surface area contributed by atoms with Crippen molar-refractivity contribution >= 4 is 16.8 Å². The van der Waals surface area contributed by atoms with Crippen molar-refractivity contribution in [3.63, 3.8) is 0 Å². The number of rotatable bonds is 8. The fourth-order valence-corrected chi connectivity index (χ4v) is 3.61. The average molecular weight is 433 g/mol. The van der Waals surface area contributed by atoms with Crippen LogP contribution in [0.5, 0.6) is 5.75 Å². The number of benzene rings is 3. The van der Waals surface area contributed by atoms with Gasteiger partial charge in [0.05, 0.1) is 23.4 Å². The van der Waals surface area contributed by atoms with Gasteiger partial charge in [-0.3, -0.25) is 4.79 Å². The van der Waals surface area contributed by atoms with Gasteiger partial charge in [0.2, 0.25) is 5.91 Å². The summed E-state index contributed by atoms with van der Waals surface area (Å²) in [6.07, 6.45) is 1.97. The van der Waals surface area contributed by atoms with Crippen LogP contribution in [-0.2, 0) is 11.2 Å². The van der Waals surface area contributed by atoms with Crippen molar-refractivity contribution in [1.29, 1.82) is 0 Å². The van der Waals surface area contributed by atoms with Crippen LogP contribution < -0.4 is 10.1 Å². The minimum absolute atomic E-state index is 0.298. The minimum atomic E-state index is -0.572. The van der Waals surface area contributed by atoms with Crippen LogP contribution in [-0.4, -0.2) is 39.5 Å². The average Bonchev–Trinajstić information content (AvgIpc) is 3.23. The van der Waals surface area contributed by atoms with Gasteiger partial charge in [0.15, 0.2) is 0 Å². The normalized spacial score (nSPS) is 13.0. The molecule has 0 bridgehead atoms.